The van der Waals surface area contributed by atoms with Crippen LogP contribution in [0.2, 0.25) is 0 Å². The van der Waals surface area contributed by atoms with E-state index >= 15 is 0 Å². The Kier molecular flexibility index (Phi) is 5.71. The van der Waals surface area contributed by atoms with Gasteiger partial charge in [-0.25, -0.2) is 0 Å². The Morgan fingerprint density at radius 1 is 1.00 bits per heavy atom. The van der Waals surface area contributed by atoms with Crippen LogP contribution >= 0.6 is 0 Å². The number of rotatable bonds is 6. The molecule has 1 aliphatic rings. The van der Waals surface area contributed by atoms with Crippen molar-refractivity contribution in [2.45, 2.75) is 25.4 Å². The van der Waals surface area contributed by atoms with Gasteiger partial charge in [0.1, 0.15) is 5.75 Å². The summed E-state index contributed by atoms with van der Waals surface area (Å²) in [6.45, 7) is 0.208. The van der Waals surface area contributed by atoms with Crippen molar-refractivity contribution in [2.24, 2.45) is 0 Å². The molecule has 0 heterocycles. The summed E-state index contributed by atoms with van der Waals surface area (Å²) in [7, 11) is 1.57. The maximum atomic E-state index is 12.3. The summed E-state index contributed by atoms with van der Waals surface area (Å²) in [5.74, 6) is -1.14. The number of ether oxygens (including phenoxy) is 1. The number of benzene rings is 2. The Bertz CT molecular complexity index is 845. The maximum absolute atomic E-state index is 12.3. The number of carbonyl (C=O) groups is 3. The van der Waals surface area contributed by atoms with Crippen molar-refractivity contribution in [3.05, 3.63) is 59.7 Å². The fraction of sp³-hybridized carbons (Fsp3) is 0.250. The van der Waals surface area contributed by atoms with Crippen molar-refractivity contribution in [3.63, 3.8) is 0 Å². The zero-order valence-electron chi connectivity index (χ0n) is 15.0. The summed E-state index contributed by atoms with van der Waals surface area (Å²) in [6, 6.07) is 14.0. The quantitative estimate of drug-likeness (QED) is 0.679. The molecule has 7 heteroatoms. The summed E-state index contributed by atoms with van der Waals surface area (Å²) < 4.78 is 5.07. The molecule has 3 N–H and O–H groups in total. The summed E-state index contributed by atoms with van der Waals surface area (Å²) in [5.41, 5.74) is 1.47. The van der Waals surface area contributed by atoms with Gasteiger partial charge in [-0.1, -0.05) is 24.3 Å². The van der Waals surface area contributed by atoms with Gasteiger partial charge in [0.15, 0.2) is 0 Å². The molecule has 0 aliphatic heterocycles. The minimum atomic E-state index is -0.824. The van der Waals surface area contributed by atoms with Crippen molar-refractivity contribution < 1.29 is 19.1 Å². The Morgan fingerprint density at radius 2 is 1.70 bits per heavy atom. The molecule has 1 aliphatic carbocycles. The number of methoxy groups -OCH3 is 1. The lowest BCUT2D eigenvalue weighted by atomic mass is 10.1. The monoisotopic (exact) mass is 367 g/mol. The van der Waals surface area contributed by atoms with Crippen LogP contribution in [-0.2, 0) is 16.1 Å². The number of nitrogens with one attached hydrogen (secondary N) is 3. The fourth-order valence-corrected chi connectivity index (χ4v) is 2.47. The molecule has 2 aromatic rings. The van der Waals surface area contributed by atoms with Crippen LogP contribution in [0.15, 0.2) is 48.5 Å². The van der Waals surface area contributed by atoms with E-state index in [2.05, 4.69) is 16.0 Å². The van der Waals surface area contributed by atoms with Gasteiger partial charge in [0, 0.05) is 12.6 Å². The first kappa shape index (κ1) is 18.4. The minimum Gasteiger partial charge on any atom is -0.497 e. The molecule has 27 heavy (non-hydrogen) atoms. The summed E-state index contributed by atoms with van der Waals surface area (Å²) in [6.07, 6.45) is 1.93. The number of amides is 3. The molecule has 3 rings (SSSR count). The van der Waals surface area contributed by atoms with E-state index in [1.165, 1.54) is 0 Å². The molecule has 3 amide bonds. The Balaban J connectivity index is 1.57. The van der Waals surface area contributed by atoms with Crippen LogP contribution in [0.1, 0.15) is 28.8 Å². The van der Waals surface area contributed by atoms with Crippen molar-refractivity contribution in [1.29, 1.82) is 0 Å². The normalized spacial score (nSPS) is 12.8. The Labute approximate surface area is 157 Å². The van der Waals surface area contributed by atoms with Crippen LogP contribution in [0.25, 0.3) is 0 Å². The third-order valence-electron chi connectivity index (χ3n) is 4.15. The number of hydrogen-bond acceptors (Lipinski definition) is 4. The SMILES string of the molecule is COc1ccc(CNC(=O)C(=O)Nc2ccccc2C(=O)NC2CC2)cc1. The molecule has 0 spiro atoms. The van der Waals surface area contributed by atoms with Gasteiger partial charge in [-0.15, -0.1) is 0 Å². The van der Waals surface area contributed by atoms with Crippen LogP contribution < -0.4 is 20.7 Å². The van der Waals surface area contributed by atoms with E-state index in [1.807, 2.05) is 0 Å². The second kappa shape index (κ2) is 8.35. The minimum absolute atomic E-state index is 0.203. The fourth-order valence-electron chi connectivity index (χ4n) is 2.47. The molecule has 0 radical (unpaired) electrons. The first-order valence-electron chi connectivity index (χ1n) is 8.69. The molecule has 0 aromatic heterocycles. The van der Waals surface area contributed by atoms with E-state index in [-0.39, 0.29) is 18.5 Å². The van der Waals surface area contributed by atoms with Crippen LogP contribution in [0.3, 0.4) is 0 Å². The van der Waals surface area contributed by atoms with E-state index in [4.69, 9.17) is 4.74 Å². The number of anilines is 1. The van der Waals surface area contributed by atoms with Gasteiger partial charge in [-0.05, 0) is 42.7 Å². The van der Waals surface area contributed by atoms with Crippen LogP contribution in [0, 0.1) is 0 Å². The molecule has 0 bridgehead atoms. The van der Waals surface area contributed by atoms with Crippen molar-refractivity contribution in [1.82, 2.24) is 10.6 Å². The van der Waals surface area contributed by atoms with E-state index in [0.29, 0.717) is 17.0 Å². The lowest BCUT2D eigenvalue weighted by Crippen LogP contribution is -2.35. The number of carbonyl (C=O) groups excluding carboxylic acids is 3. The zero-order valence-corrected chi connectivity index (χ0v) is 15.0. The van der Waals surface area contributed by atoms with Gasteiger partial charge in [0.25, 0.3) is 5.91 Å². The highest BCUT2D eigenvalue weighted by Crippen LogP contribution is 2.21. The van der Waals surface area contributed by atoms with Gasteiger partial charge >= 0.3 is 11.8 Å². The molecular formula is C20H21N3O4. The molecule has 1 fully saturated rings. The maximum Gasteiger partial charge on any atom is 0.313 e. The van der Waals surface area contributed by atoms with Gasteiger partial charge in [0.2, 0.25) is 0 Å². The molecule has 0 saturated heterocycles. The van der Waals surface area contributed by atoms with Crippen LogP contribution in [-0.4, -0.2) is 30.9 Å². The summed E-state index contributed by atoms with van der Waals surface area (Å²) in [4.78, 5) is 36.5. The second-order valence-electron chi connectivity index (χ2n) is 6.28. The standard InChI is InChI=1S/C20H21N3O4/c1-27-15-10-6-13(7-11-15)12-21-19(25)20(26)23-17-5-3-2-4-16(17)18(24)22-14-8-9-14/h2-7,10-11,14H,8-9,12H2,1H3,(H,21,25)(H,22,24)(H,23,26). The van der Waals surface area contributed by atoms with E-state index in [1.54, 1.807) is 55.6 Å². The summed E-state index contributed by atoms with van der Waals surface area (Å²) in [5, 5.41) is 7.93. The largest absolute Gasteiger partial charge is 0.497 e. The highest BCUT2D eigenvalue weighted by Gasteiger charge is 2.25. The Morgan fingerprint density at radius 3 is 2.37 bits per heavy atom. The molecular weight excluding hydrogens is 346 g/mol. The molecule has 140 valence electrons. The molecule has 0 atom stereocenters. The van der Waals surface area contributed by atoms with Crippen molar-refractivity contribution >= 4 is 23.4 Å². The predicted octanol–water partition coefficient (Wildman–Crippen LogP) is 1.84. The van der Waals surface area contributed by atoms with E-state index in [0.717, 1.165) is 18.4 Å². The molecule has 7 nitrogen and oxygen atoms in total. The van der Waals surface area contributed by atoms with Crippen molar-refractivity contribution in [3.8, 4) is 5.75 Å². The smallest absolute Gasteiger partial charge is 0.313 e. The molecule has 0 unspecified atom stereocenters. The average molecular weight is 367 g/mol. The third kappa shape index (κ3) is 5.07. The lowest BCUT2D eigenvalue weighted by Gasteiger charge is -2.11. The molecule has 2 aromatic carbocycles. The molecule has 1 saturated carbocycles. The van der Waals surface area contributed by atoms with Crippen LogP contribution in [0.5, 0.6) is 5.75 Å². The number of hydrogen-bond donors (Lipinski definition) is 3. The average Bonchev–Trinajstić information content (AvgIpc) is 3.50. The first-order chi connectivity index (χ1) is 13.1. The van der Waals surface area contributed by atoms with Crippen LogP contribution in [0.4, 0.5) is 5.69 Å². The van der Waals surface area contributed by atoms with E-state index < -0.39 is 11.8 Å². The van der Waals surface area contributed by atoms with Gasteiger partial charge in [-0.3, -0.25) is 14.4 Å². The highest BCUT2D eigenvalue weighted by molar-refractivity contribution is 6.40. The van der Waals surface area contributed by atoms with Gasteiger partial charge in [-0.2, -0.15) is 0 Å². The lowest BCUT2D eigenvalue weighted by molar-refractivity contribution is -0.136. The predicted molar refractivity (Wildman–Crippen MR) is 100 cm³/mol. The van der Waals surface area contributed by atoms with Gasteiger partial charge in [0.05, 0.1) is 18.4 Å². The third-order valence-corrected chi connectivity index (χ3v) is 4.15. The van der Waals surface area contributed by atoms with Gasteiger partial charge < -0.3 is 20.7 Å². The topological polar surface area (TPSA) is 96.5 Å². The van der Waals surface area contributed by atoms with E-state index in [9.17, 15) is 14.4 Å². The number of para-hydroxylation sites is 1. The Hall–Kier alpha value is -3.35. The first-order valence-corrected chi connectivity index (χ1v) is 8.69. The highest BCUT2D eigenvalue weighted by atomic mass is 16.5. The van der Waals surface area contributed by atoms with Crippen molar-refractivity contribution in [2.75, 3.05) is 12.4 Å². The second-order valence-corrected chi connectivity index (χ2v) is 6.28. The summed E-state index contributed by atoms with van der Waals surface area (Å²) >= 11 is 0. The zero-order chi connectivity index (χ0) is 19.2.